The SMILES string of the molecule is CC(=O)N1CCN(c2cc(C(=O)NC(C)c3ccccc3)nc(C)n2)CC1. The molecule has 2 amide bonds. The predicted molar refractivity (Wildman–Crippen MR) is 104 cm³/mol. The van der Waals surface area contributed by atoms with Crippen LogP contribution in [0.1, 0.15) is 41.8 Å². The van der Waals surface area contributed by atoms with Crippen molar-refractivity contribution in [1.29, 1.82) is 0 Å². The van der Waals surface area contributed by atoms with E-state index >= 15 is 0 Å². The molecule has 2 aromatic rings. The van der Waals surface area contributed by atoms with Crippen LogP contribution >= 0.6 is 0 Å². The zero-order valence-electron chi connectivity index (χ0n) is 16.0. The van der Waals surface area contributed by atoms with Crippen LogP contribution in [-0.2, 0) is 4.79 Å². The van der Waals surface area contributed by atoms with Gasteiger partial charge in [0, 0.05) is 39.2 Å². The largest absolute Gasteiger partial charge is 0.353 e. The van der Waals surface area contributed by atoms with E-state index in [0.717, 1.165) is 11.4 Å². The minimum Gasteiger partial charge on any atom is -0.353 e. The van der Waals surface area contributed by atoms with E-state index in [-0.39, 0.29) is 17.9 Å². The van der Waals surface area contributed by atoms with Crippen molar-refractivity contribution < 1.29 is 9.59 Å². The highest BCUT2D eigenvalue weighted by molar-refractivity contribution is 5.93. The van der Waals surface area contributed by atoms with Crippen LogP contribution in [0.3, 0.4) is 0 Å². The lowest BCUT2D eigenvalue weighted by Gasteiger charge is -2.35. The van der Waals surface area contributed by atoms with Crippen molar-refractivity contribution in [2.75, 3.05) is 31.1 Å². The summed E-state index contributed by atoms with van der Waals surface area (Å²) in [6.07, 6.45) is 0. The summed E-state index contributed by atoms with van der Waals surface area (Å²) in [6.45, 7) is 8.02. The fourth-order valence-electron chi connectivity index (χ4n) is 3.18. The van der Waals surface area contributed by atoms with Gasteiger partial charge in [0.15, 0.2) is 0 Å². The zero-order chi connectivity index (χ0) is 19.4. The van der Waals surface area contributed by atoms with Crippen molar-refractivity contribution in [3.8, 4) is 0 Å². The first-order valence-electron chi connectivity index (χ1n) is 9.16. The third-order valence-corrected chi connectivity index (χ3v) is 4.75. The number of aromatic nitrogens is 2. The van der Waals surface area contributed by atoms with E-state index in [2.05, 4.69) is 20.2 Å². The number of amides is 2. The van der Waals surface area contributed by atoms with Crippen LogP contribution in [0.4, 0.5) is 5.82 Å². The summed E-state index contributed by atoms with van der Waals surface area (Å²) in [5.41, 5.74) is 1.39. The van der Waals surface area contributed by atoms with Gasteiger partial charge < -0.3 is 15.1 Å². The van der Waals surface area contributed by atoms with Crippen LogP contribution in [0.5, 0.6) is 0 Å². The number of benzene rings is 1. The van der Waals surface area contributed by atoms with Gasteiger partial charge in [-0.15, -0.1) is 0 Å². The third kappa shape index (κ3) is 4.61. The average molecular weight is 367 g/mol. The number of carbonyl (C=O) groups excluding carboxylic acids is 2. The molecule has 1 unspecified atom stereocenters. The van der Waals surface area contributed by atoms with E-state index in [4.69, 9.17) is 0 Å². The second-order valence-corrected chi connectivity index (χ2v) is 6.76. The Morgan fingerprint density at radius 3 is 2.37 bits per heavy atom. The lowest BCUT2D eigenvalue weighted by Crippen LogP contribution is -2.48. The Balaban J connectivity index is 1.71. The van der Waals surface area contributed by atoms with Gasteiger partial charge in [-0.25, -0.2) is 9.97 Å². The molecule has 7 nitrogen and oxygen atoms in total. The summed E-state index contributed by atoms with van der Waals surface area (Å²) < 4.78 is 0. The zero-order valence-corrected chi connectivity index (χ0v) is 16.0. The standard InChI is InChI=1S/C20H25N5O2/c1-14(17-7-5-4-6-8-17)21-20(27)18-13-19(23-15(2)22-18)25-11-9-24(10-12-25)16(3)26/h4-8,13-14H,9-12H2,1-3H3,(H,21,27). The molecular weight excluding hydrogens is 342 g/mol. The van der Waals surface area contributed by atoms with Gasteiger partial charge in [0.2, 0.25) is 5.91 Å². The summed E-state index contributed by atoms with van der Waals surface area (Å²) in [5, 5.41) is 2.99. The predicted octanol–water partition coefficient (Wildman–Crippen LogP) is 1.94. The van der Waals surface area contributed by atoms with Crippen molar-refractivity contribution in [2.24, 2.45) is 0 Å². The maximum absolute atomic E-state index is 12.7. The first-order chi connectivity index (χ1) is 12.9. The van der Waals surface area contributed by atoms with Gasteiger partial charge in [0.05, 0.1) is 6.04 Å². The van der Waals surface area contributed by atoms with Crippen LogP contribution < -0.4 is 10.2 Å². The Kier molecular flexibility index (Phi) is 5.69. The minimum atomic E-state index is -0.222. The topological polar surface area (TPSA) is 78.4 Å². The summed E-state index contributed by atoms with van der Waals surface area (Å²) in [6, 6.07) is 11.4. The number of hydrogen-bond donors (Lipinski definition) is 1. The molecule has 3 rings (SSSR count). The summed E-state index contributed by atoms with van der Waals surface area (Å²) in [7, 11) is 0. The van der Waals surface area contributed by atoms with Gasteiger partial charge in [-0.3, -0.25) is 9.59 Å². The highest BCUT2D eigenvalue weighted by Gasteiger charge is 2.21. The highest BCUT2D eigenvalue weighted by Crippen LogP contribution is 2.17. The second-order valence-electron chi connectivity index (χ2n) is 6.76. The third-order valence-electron chi connectivity index (χ3n) is 4.75. The number of aryl methyl sites for hydroxylation is 1. The quantitative estimate of drug-likeness (QED) is 0.894. The Labute approximate surface area is 159 Å². The fourth-order valence-corrected chi connectivity index (χ4v) is 3.18. The molecule has 1 aromatic heterocycles. The maximum Gasteiger partial charge on any atom is 0.270 e. The van der Waals surface area contributed by atoms with E-state index in [1.807, 2.05) is 42.2 Å². The van der Waals surface area contributed by atoms with E-state index < -0.39 is 0 Å². The maximum atomic E-state index is 12.7. The van der Waals surface area contributed by atoms with Gasteiger partial charge in [0.25, 0.3) is 5.91 Å². The summed E-state index contributed by atoms with van der Waals surface area (Å²) in [4.78, 5) is 36.9. The van der Waals surface area contributed by atoms with E-state index in [9.17, 15) is 9.59 Å². The van der Waals surface area contributed by atoms with Crippen molar-refractivity contribution in [2.45, 2.75) is 26.8 Å². The van der Waals surface area contributed by atoms with Crippen LogP contribution in [-0.4, -0.2) is 52.9 Å². The van der Waals surface area contributed by atoms with Crippen LogP contribution in [0, 0.1) is 6.92 Å². The number of nitrogens with zero attached hydrogens (tertiary/aromatic N) is 4. The Morgan fingerprint density at radius 2 is 1.74 bits per heavy atom. The van der Waals surface area contributed by atoms with Crippen molar-refractivity contribution >= 4 is 17.6 Å². The molecule has 1 fully saturated rings. The molecule has 1 saturated heterocycles. The van der Waals surface area contributed by atoms with Crippen molar-refractivity contribution in [3.05, 3.63) is 53.5 Å². The van der Waals surface area contributed by atoms with Gasteiger partial charge in [0.1, 0.15) is 17.3 Å². The number of carbonyl (C=O) groups is 2. The normalized spacial score (nSPS) is 15.4. The molecule has 0 bridgehead atoms. The Hall–Kier alpha value is -2.96. The summed E-state index contributed by atoms with van der Waals surface area (Å²) in [5.74, 6) is 1.14. The molecule has 1 N–H and O–H groups in total. The number of nitrogens with one attached hydrogen (secondary N) is 1. The molecule has 142 valence electrons. The number of hydrogen-bond acceptors (Lipinski definition) is 5. The average Bonchev–Trinajstić information content (AvgIpc) is 2.68. The molecule has 27 heavy (non-hydrogen) atoms. The minimum absolute atomic E-state index is 0.0866. The molecule has 2 heterocycles. The number of anilines is 1. The monoisotopic (exact) mass is 367 g/mol. The van der Waals surface area contributed by atoms with Gasteiger partial charge in [-0.1, -0.05) is 30.3 Å². The molecular formula is C20H25N5O2. The number of rotatable bonds is 4. The van der Waals surface area contributed by atoms with Gasteiger partial charge in [-0.2, -0.15) is 0 Å². The molecule has 1 atom stereocenters. The highest BCUT2D eigenvalue weighted by atomic mass is 16.2. The lowest BCUT2D eigenvalue weighted by molar-refractivity contribution is -0.129. The second kappa shape index (κ2) is 8.16. The van der Waals surface area contributed by atoms with Crippen LogP contribution in [0.2, 0.25) is 0 Å². The van der Waals surface area contributed by atoms with Gasteiger partial charge >= 0.3 is 0 Å². The first kappa shape index (κ1) is 18.8. The molecule has 0 radical (unpaired) electrons. The Morgan fingerprint density at radius 1 is 1.07 bits per heavy atom. The van der Waals surface area contributed by atoms with Crippen molar-refractivity contribution in [1.82, 2.24) is 20.2 Å². The first-order valence-corrected chi connectivity index (χ1v) is 9.16. The fraction of sp³-hybridized carbons (Fsp3) is 0.400. The molecule has 0 aliphatic carbocycles. The van der Waals surface area contributed by atoms with E-state index in [1.54, 1.807) is 19.9 Å². The molecule has 1 aliphatic heterocycles. The van der Waals surface area contributed by atoms with Crippen LogP contribution in [0.15, 0.2) is 36.4 Å². The molecule has 0 spiro atoms. The van der Waals surface area contributed by atoms with Crippen molar-refractivity contribution in [3.63, 3.8) is 0 Å². The molecule has 1 aromatic carbocycles. The number of piperazine rings is 1. The van der Waals surface area contributed by atoms with E-state index in [0.29, 0.717) is 37.7 Å². The van der Waals surface area contributed by atoms with Gasteiger partial charge in [-0.05, 0) is 19.4 Å². The lowest BCUT2D eigenvalue weighted by atomic mass is 10.1. The van der Waals surface area contributed by atoms with E-state index in [1.165, 1.54) is 0 Å². The molecule has 0 saturated carbocycles. The molecule has 1 aliphatic rings. The Bertz CT molecular complexity index is 816. The van der Waals surface area contributed by atoms with Crippen LogP contribution in [0.25, 0.3) is 0 Å². The smallest absolute Gasteiger partial charge is 0.270 e. The summed E-state index contributed by atoms with van der Waals surface area (Å²) >= 11 is 0. The molecule has 7 heteroatoms.